The second-order valence-electron chi connectivity index (χ2n) is 7.36. The van der Waals surface area contributed by atoms with Crippen LogP contribution in [0.2, 0.25) is 0 Å². The molecule has 6 heteroatoms. The fraction of sp³-hybridized carbons (Fsp3) is 0.421. The molecule has 4 rings (SSSR count). The molecule has 0 radical (unpaired) electrons. The van der Waals surface area contributed by atoms with Gasteiger partial charge in [0.1, 0.15) is 11.2 Å². The minimum Gasteiger partial charge on any atom is -0.311 e. The van der Waals surface area contributed by atoms with Gasteiger partial charge in [0.2, 0.25) is 11.8 Å². The Hall–Kier alpha value is -2.63. The van der Waals surface area contributed by atoms with Gasteiger partial charge in [-0.3, -0.25) is 9.59 Å². The number of aromatic nitrogens is 2. The lowest BCUT2D eigenvalue weighted by Crippen LogP contribution is -2.48. The molecule has 3 heterocycles. The van der Waals surface area contributed by atoms with Crippen LogP contribution in [0, 0.1) is 0 Å². The summed E-state index contributed by atoms with van der Waals surface area (Å²) in [5.74, 6) is 0.451. The number of hydrogen-bond donors (Lipinski definition) is 1. The summed E-state index contributed by atoms with van der Waals surface area (Å²) in [7, 11) is 0. The highest BCUT2D eigenvalue weighted by Gasteiger charge is 2.57. The van der Waals surface area contributed by atoms with Crippen molar-refractivity contribution in [3.8, 4) is 0 Å². The second-order valence-corrected chi connectivity index (χ2v) is 7.36. The quantitative estimate of drug-likeness (QED) is 0.915. The van der Waals surface area contributed by atoms with Crippen LogP contribution in [-0.2, 0) is 15.0 Å². The van der Waals surface area contributed by atoms with Crippen molar-refractivity contribution < 1.29 is 9.59 Å². The maximum atomic E-state index is 13.6. The number of hydrogen-bond acceptors (Lipinski definition) is 3. The van der Waals surface area contributed by atoms with Gasteiger partial charge in [-0.2, -0.15) is 5.10 Å². The maximum absolute atomic E-state index is 13.6. The number of fused-ring (bicyclic) bond motifs is 4. The van der Waals surface area contributed by atoms with E-state index in [1.165, 1.54) is 0 Å². The normalized spacial score (nSPS) is 21.9. The van der Waals surface area contributed by atoms with Crippen LogP contribution in [0.15, 0.2) is 30.5 Å². The lowest BCUT2D eigenvalue weighted by molar-refractivity contribution is -0.126. The Morgan fingerprint density at radius 2 is 1.80 bits per heavy atom. The predicted molar refractivity (Wildman–Crippen MR) is 95.7 cm³/mol. The largest absolute Gasteiger partial charge is 0.311 e. The summed E-state index contributed by atoms with van der Waals surface area (Å²) in [5, 5.41) is 7.39. The average molecular weight is 338 g/mol. The van der Waals surface area contributed by atoms with Crippen LogP contribution in [0.3, 0.4) is 0 Å². The lowest BCUT2D eigenvalue weighted by Gasteiger charge is -2.33. The molecule has 0 saturated carbocycles. The first-order valence-electron chi connectivity index (χ1n) is 8.69. The van der Waals surface area contributed by atoms with Crippen molar-refractivity contribution in [2.75, 3.05) is 10.2 Å². The van der Waals surface area contributed by atoms with Crippen LogP contribution in [0.25, 0.3) is 0 Å². The first-order valence-corrected chi connectivity index (χ1v) is 8.69. The monoisotopic (exact) mass is 338 g/mol. The van der Waals surface area contributed by atoms with Crippen molar-refractivity contribution in [3.63, 3.8) is 0 Å². The average Bonchev–Trinajstić information content (AvgIpc) is 3.07. The van der Waals surface area contributed by atoms with Gasteiger partial charge in [-0.1, -0.05) is 18.2 Å². The van der Waals surface area contributed by atoms with E-state index in [2.05, 4.69) is 10.4 Å². The number of anilines is 2. The molecule has 0 aliphatic carbocycles. The molecule has 1 atom stereocenters. The minimum atomic E-state index is -0.980. The van der Waals surface area contributed by atoms with Crippen LogP contribution in [-0.4, -0.2) is 27.6 Å². The van der Waals surface area contributed by atoms with Gasteiger partial charge < -0.3 is 10.2 Å². The number of amides is 2. The van der Waals surface area contributed by atoms with Crippen molar-refractivity contribution in [1.29, 1.82) is 0 Å². The topological polar surface area (TPSA) is 67.2 Å². The van der Waals surface area contributed by atoms with Gasteiger partial charge in [-0.25, -0.2) is 4.68 Å². The van der Waals surface area contributed by atoms with E-state index < -0.39 is 5.41 Å². The summed E-state index contributed by atoms with van der Waals surface area (Å²) < 4.78 is 1.78. The highest BCUT2D eigenvalue weighted by molar-refractivity contribution is 6.15. The number of rotatable bonds is 2. The zero-order valence-electron chi connectivity index (χ0n) is 14.9. The van der Waals surface area contributed by atoms with Gasteiger partial charge >= 0.3 is 0 Å². The SMILES string of the molecule is CC(C)N1C(=O)[C@]2(CC(=O)Nc3c2cnn3C(C)C)c2ccccc21. The van der Waals surface area contributed by atoms with Crippen molar-refractivity contribution in [2.24, 2.45) is 0 Å². The number of benzene rings is 1. The fourth-order valence-electron chi connectivity index (χ4n) is 4.12. The Morgan fingerprint density at radius 1 is 1.08 bits per heavy atom. The van der Waals surface area contributed by atoms with E-state index in [-0.39, 0.29) is 30.3 Å². The fourth-order valence-corrected chi connectivity index (χ4v) is 4.12. The Morgan fingerprint density at radius 3 is 2.48 bits per heavy atom. The molecule has 1 aromatic heterocycles. The van der Waals surface area contributed by atoms with Crippen LogP contribution in [0.4, 0.5) is 11.5 Å². The summed E-state index contributed by atoms with van der Waals surface area (Å²) in [6.45, 7) is 8.00. The van der Waals surface area contributed by atoms with E-state index in [1.807, 2.05) is 56.9 Å². The van der Waals surface area contributed by atoms with Crippen molar-refractivity contribution in [2.45, 2.75) is 51.6 Å². The smallest absolute Gasteiger partial charge is 0.243 e. The molecule has 0 bridgehead atoms. The van der Waals surface area contributed by atoms with Gasteiger partial charge in [-0.05, 0) is 39.3 Å². The van der Waals surface area contributed by atoms with Crippen LogP contribution in [0.5, 0.6) is 0 Å². The molecule has 25 heavy (non-hydrogen) atoms. The molecule has 1 N–H and O–H groups in total. The summed E-state index contributed by atoms with van der Waals surface area (Å²) >= 11 is 0. The molecule has 0 saturated heterocycles. The summed E-state index contributed by atoms with van der Waals surface area (Å²) in [6.07, 6.45) is 1.86. The van der Waals surface area contributed by atoms with E-state index >= 15 is 0 Å². The molecule has 0 unspecified atom stereocenters. The Labute approximate surface area is 146 Å². The van der Waals surface area contributed by atoms with Gasteiger partial charge in [-0.15, -0.1) is 0 Å². The molecular formula is C19H22N4O2. The summed E-state index contributed by atoms with van der Waals surface area (Å²) in [5.41, 5.74) is 1.60. The molecule has 0 fully saturated rings. The maximum Gasteiger partial charge on any atom is 0.243 e. The molecule has 2 amide bonds. The Bertz CT molecular complexity index is 883. The number of carbonyl (C=O) groups excluding carboxylic acids is 2. The standard InChI is InChI=1S/C19H22N4O2/c1-11(2)22-15-8-6-5-7-13(15)19(18(22)25)9-16(24)21-17-14(19)10-20-23(17)12(3)4/h5-8,10-12H,9H2,1-4H3,(H,21,24)/t19-/m1/s1. The lowest BCUT2D eigenvalue weighted by atomic mass is 9.72. The molecule has 2 aliphatic heterocycles. The predicted octanol–water partition coefficient (Wildman–Crippen LogP) is 2.85. The number of para-hydroxylation sites is 1. The van der Waals surface area contributed by atoms with Gasteiger partial charge in [0.15, 0.2) is 0 Å². The van der Waals surface area contributed by atoms with Crippen molar-refractivity contribution in [3.05, 3.63) is 41.6 Å². The zero-order valence-corrected chi connectivity index (χ0v) is 14.9. The van der Waals surface area contributed by atoms with Crippen LogP contribution >= 0.6 is 0 Å². The van der Waals surface area contributed by atoms with E-state index in [9.17, 15) is 9.59 Å². The highest BCUT2D eigenvalue weighted by atomic mass is 16.2. The van der Waals surface area contributed by atoms with Crippen LogP contribution in [0.1, 0.15) is 51.3 Å². The Kier molecular flexibility index (Phi) is 3.29. The minimum absolute atomic E-state index is 0.0154. The number of nitrogens with one attached hydrogen (secondary N) is 1. The summed E-state index contributed by atoms with van der Waals surface area (Å²) in [4.78, 5) is 28.0. The molecule has 1 spiro atoms. The van der Waals surface area contributed by atoms with Crippen molar-refractivity contribution >= 4 is 23.3 Å². The molecule has 130 valence electrons. The third-order valence-corrected chi connectivity index (χ3v) is 5.15. The molecular weight excluding hydrogens is 316 g/mol. The van der Waals surface area contributed by atoms with Crippen LogP contribution < -0.4 is 10.2 Å². The van der Waals surface area contributed by atoms with E-state index in [0.717, 1.165) is 16.8 Å². The summed E-state index contributed by atoms with van der Waals surface area (Å²) in [6, 6.07) is 7.89. The number of nitrogens with zero attached hydrogens (tertiary/aromatic N) is 3. The third kappa shape index (κ3) is 1.94. The van der Waals surface area contributed by atoms with Gasteiger partial charge in [0, 0.05) is 29.8 Å². The zero-order chi connectivity index (χ0) is 17.9. The van der Waals surface area contributed by atoms with E-state index in [1.54, 1.807) is 10.9 Å². The number of carbonyl (C=O) groups is 2. The Balaban J connectivity index is 2.03. The van der Waals surface area contributed by atoms with Crippen molar-refractivity contribution in [1.82, 2.24) is 9.78 Å². The van der Waals surface area contributed by atoms with E-state index in [4.69, 9.17) is 0 Å². The highest BCUT2D eigenvalue weighted by Crippen LogP contribution is 2.52. The van der Waals surface area contributed by atoms with Gasteiger partial charge in [0.25, 0.3) is 0 Å². The first kappa shape index (κ1) is 15.9. The molecule has 2 aromatic rings. The third-order valence-electron chi connectivity index (χ3n) is 5.15. The molecule has 1 aromatic carbocycles. The molecule has 2 aliphatic rings. The van der Waals surface area contributed by atoms with E-state index in [0.29, 0.717) is 5.82 Å². The molecule has 6 nitrogen and oxygen atoms in total. The van der Waals surface area contributed by atoms with Gasteiger partial charge in [0.05, 0.1) is 6.20 Å². The first-order chi connectivity index (χ1) is 11.9. The second kappa shape index (κ2) is 5.18.